The molecule has 100 valence electrons. The lowest BCUT2D eigenvalue weighted by atomic mass is 10.2. The number of hydrogen-bond donors (Lipinski definition) is 1. The van der Waals surface area contributed by atoms with Gasteiger partial charge in [-0.25, -0.2) is 0 Å². The van der Waals surface area contributed by atoms with Crippen LogP contribution in [-0.2, 0) is 15.0 Å². The van der Waals surface area contributed by atoms with E-state index in [1.165, 1.54) is 15.7 Å². The number of piperidine rings is 1. The number of carboxylic acid groups (broad SMARTS) is 1. The first-order chi connectivity index (χ1) is 7.94. The lowest BCUT2D eigenvalue weighted by Gasteiger charge is -2.30. The minimum atomic E-state index is -3.39. The first-order valence-electron chi connectivity index (χ1n) is 5.88. The summed E-state index contributed by atoms with van der Waals surface area (Å²) in [6.45, 7) is 1.41. The van der Waals surface area contributed by atoms with Crippen molar-refractivity contribution in [2.24, 2.45) is 0 Å². The molecule has 0 atom stereocenters. The van der Waals surface area contributed by atoms with Gasteiger partial charge in [0.2, 0.25) is 0 Å². The topological polar surface area (TPSA) is 77.9 Å². The Labute approximate surface area is 102 Å². The quantitative estimate of drug-likeness (QED) is 0.758. The molecule has 0 spiro atoms. The summed E-state index contributed by atoms with van der Waals surface area (Å²) < 4.78 is 26.9. The second kappa shape index (κ2) is 6.32. The Morgan fingerprint density at radius 3 is 2.41 bits per heavy atom. The van der Waals surface area contributed by atoms with Gasteiger partial charge < -0.3 is 5.11 Å². The van der Waals surface area contributed by atoms with Gasteiger partial charge in [0.25, 0.3) is 10.2 Å². The third-order valence-electron chi connectivity index (χ3n) is 2.90. The summed E-state index contributed by atoms with van der Waals surface area (Å²) in [5, 5.41) is 8.50. The van der Waals surface area contributed by atoms with E-state index in [9.17, 15) is 13.2 Å². The Kier molecular flexibility index (Phi) is 5.35. The highest BCUT2D eigenvalue weighted by molar-refractivity contribution is 7.86. The molecule has 1 rings (SSSR count). The molecule has 0 aromatic heterocycles. The standard InChI is InChI=1S/C10H20N2O4S/c1-11(7-5-6-10(13)14)17(15,16)12-8-3-2-4-9-12/h2-9H2,1H3,(H,13,14). The van der Waals surface area contributed by atoms with Gasteiger partial charge in [0.05, 0.1) is 0 Å². The summed E-state index contributed by atoms with van der Waals surface area (Å²) in [7, 11) is -1.88. The highest BCUT2D eigenvalue weighted by atomic mass is 32.2. The van der Waals surface area contributed by atoms with Crippen LogP contribution in [0.3, 0.4) is 0 Å². The van der Waals surface area contributed by atoms with Crippen LogP contribution in [0, 0.1) is 0 Å². The summed E-state index contributed by atoms with van der Waals surface area (Å²) >= 11 is 0. The Hall–Kier alpha value is -0.660. The van der Waals surface area contributed by atoms with Crippen LogP contribution in [0.15, 0.2) is 0 Å². The molecule has 1 aliphatic heterocycles. The fraction of sp³-hybridized carbons (Fsp3) is 0.900. The summed E-state index contributed by atoms with van der Waals surface area (Å²) in [6, 6.07) is 0. The number of nitrogens with zero attached hydrogens (tertiary/aromatic N) is 2. The number of carboxylic acids is 1. The normalized spacial score (nSPS) is 18.5. The first kappa shape index (κ1) is 14.4. The van der Waals surface area contributed by atoms with Crippen molar-refractivity contribution in [1.29, 1.82) is 0 Å². The molecular weight excluding hydrogens is 244 g/mol. The van der Waals surface area contributed by atoms with Gasteiger partial charge in [0, 0.05) is 33.1 Å². The summed E-state index contributed by atoms with van der Waals surface area (Å²) in [5.41, 5.74) is 0. The Balaban J connectivity index is 2.47. The van der Waals surface area contributed by atoms with Crippen LogP contribution in [0.1, 0.15) is 32.1 Å². The smallest absolute Gasteiger partial charge is 0.303 e. The van der Waals surface area contributed by atoms with E-state index in [0.717, 1.165) is 19.3 Å². The minimum Gasteiger partial charge on any atom is -0.481 e. The Bertz CT molecular complexity index is 349. The van der Waals surface area contributed by atoms with E-state index in [1.807, 2.05) is 0 Å². The zero-order valence-electron chi connectivity index (χ0n) is 10.1. The van der Waals surface area contributed by atoms with Crippen LogP contribution in [0.5, 0.6) is 0 Å². The van der Waals surface area contributed by atoms with Gasteiger partial charge in [0.15, 0.2) is 0 Å². The zero-order chi connectivity index (χ0) is 12.9. The predicted molar refractivity (Wildman–Crippen MR) is 63.8 cm³/mol. The summed E-state index contributed by atoms with van der Waals surface area (Å²) in [4.78, 5) is 10.4. The van der Waals surface area contributed by atoms with Crippen LogP contribution in [0.4, 0.5) is 0 Å². The van der Waals surface area contributed by atoms with Crippen molar-refractivity contribution in [2.45, 2.75) is 32.1 Å². The molecule has 7 heteroatoms. The molecule has 0 aromatic rings. The lowest BCUT2D eigenvalue weighted by molar-refractivity contribution is -0.137. The summed E-state index contributed by atoms with van der Waals surface area (Å²) in [6.07, 6.45) is 3.23. The van der Waals surface area contributed by atoms with Gasteiger partial charge in [-0.05, 0) is 19.3 Å². The SMILES string of the molecule is CN(CCCC(=O)O)S(=O)(=O)N1CCCCC1. The van der Waals surface area contributed by atoms with E-state index in [4.69, 9.17) is 5.11 Å². The van der Waals surface area contributed by atoms with E-state index in [0.29, 0.717) is 19.5 Å². The van der Waals surface area contributed by atoms with Gasteiger partial charge in [0.1, 0.15) is 0 Å². The van der Waals surface area contributed by atoms with Crippen molar-refractivity contribution in [2.75, 3.05) is 26.7 Å². The molecule has 1 saturated heterocycles. The van der Waals surface area contributed by atoms with Crippen molar-refractivity contribution in [3.63, 3.8) is 0 Å². The molecule has 1 N–H and O–H groups in total. The fourth-order valence-electron chi connectivity index (χ4n) is 1.86. The van der Waals surface area contributed by atoms with E-state index in [2.05, 4.69) is 0 Å². The number of rotatable bonds is 6. The number of aliphatic carboxylic acids is 1. The molecular formula is C10H20N2O4S. The first-order valence-corrected chi connectivity index (χ1v) is 7.27. The third-order valence-corrected chi connectivity index (χ3v) is 4.89. The second-order valence-electron chi connectivity index (χ2n) is 4.29. The van der Waals surface area contributed by atoms with Gasteiger partial charge >= 0.3 is 5.97 Å². The monoisotopic (exact) mass is 264 g/mol. The molecule has 0 bridgehead atoms. The highest BCUT2D eigenvalue weighted by Crippen LogP contribution is 2.15. The number of hydrogen-bond acceptors (Lipinski definition) is 3. The van der Waals surface area contributed by atoms with Gasteiger partial charge in [-0.2, -0.15) is 17.0 Å². The van der Waals surface area contributed by atoms with Crippen molar-refractivity contribution >= 4 is 16.2 Å². The molecule has 17 heavy (non-hydrogen) atoms. The molecule has 0 aromatic carbocycles. The van der Waals surface area contributed by atoms with Gasteiger partial charge in [-0.1, -0.05) is 6.42 Å². The molecule has 0 amide bonds. The molecule has 0 radical (unpaired) electrons. The summed E-state index contributed by atoms with van der Waals surface area (Å²) in [5.74, 6) is -0.895. The van der Waals surface area contributed by atoms with Crippen LogP contribution < -0.4 is 0 Å². The van der Waals surface area contributed by atoms with Gasteiger partial charge in [-0.15, -0.1) is 0 Å². The largest absolute Gasteiger partial charge is 0.481 e. The van der Waals surface area contributed by atoms with Gasteiger partial charge in [-0.3, -0.25) is 4.79 Å². The van der Waals surface area contributed by atoms with Crippen molar-refractivity contribution in [3.05, 3.63) is 0 Å². The molecule has 0 saturated carbocycles. The highest BCUT2D eigenvalue weighted by Gasteiger charge is 2.27. The Morgan fingerprint density at radius 2 is 1.88 bits per heavy atom. The maximum Gasteiger partial charge on any atom is 0.303 e. The van der Waals surface area contributed by atoms with Crippen LogP contribution in [-0.4, -0.2) is 54.8 Å². The molecule has 6 nitrogen and oxygen atoms in total. The molecule has 1 fully saturated rings. The fourth-order valence-corrected chi connectivity index (χ4v) is 3.33. The third kappa shape index (κ3) is 4.25. The van der Waals surface area contributed by atoms with Crippen LogP contribution >= 0.6 is 0 Å². The predicted octanol–water partition coefficient (Wildman–Crippen LogP) is 0.514. The lowest BCUT2D eigenvalue weighted by Crippen LogP contribution is -2.44. The van der Waals surface area contributed by atoms with Crippen molar-refractivity contribution in [1.82, 2.24) is 8.61 Å². The Morgan fingerprint density at radius 1 is 1.29 bits per heavy atom. The molecule has 1 aliphatic rings. The van der Waals surface area contributed by atoms with E-state index >= 15 is 0 Å². The van der Waals surface area contributed by atoms with E-state index in [1.54, 1.807) is 0 Å². The maximum absolute atomic E-state index is 12.1. The van der Waals surface area contributed by atoms with E-state index in [-0.39, 0.29) is 13.0 Å². The van der Waals surface area contributed by atoms with Crippen molar-refractivity contribution in [3.8, 4) is 0 Å². The number of carbonyl (C=O) groups is 1. The second-order valence-corrected chi connectivity index (χ2v) is 6.32. The average molecular weight is 264 g/mol. The molecule has 0 unspecified atom stereocenters. The zero-order valence-corrected chi connectivity index (χ0v) is 10.9. The molecule has 1 heterocycles. The van der Waals surface area contributed by atoms with E-state index < -0.39 is 16.2 Å². The minimum absolute atomic E-state index is 0.000139. The molecule has 0 aliphatic carbocycles. The average Bonchev–Trinajstić information content (AvgIpc) is 2.29. The van der Waals surface area contributed by atoms with Crippen molar-refractivity contribution < 1.29 is 18.3 Å². The van der Waals surface area contributed by atoms with Crippen LogP contribution in [0.2, 0.25) is 0 Å². The maximum atomic E-state index is 12.1. The van der Waals surface area contributed by atoms with Crippen LogP contribution in [0.25, 0.3) is 0 Å².